The van der Waals surface area contributed by atoms with Gasteiger partial charge in [0.2, 0.25) is 0 Å². The Morgan fingerprint density at radius 3 is 2.50 bits per heavy atom. The lowest BCUT2D eigenvalue weighted by Crippen LogP contribution is -2.40. The average Bonchev–Trinajstić information content (AvgIpc) is 2.62. The number of aromatic nitrogens is 2. The van der Waals surface area contributed by atoms with Crippen LogP contribution in [0.4, 0.5) is 0 Å². The molecule has 2 aromatic rings. The van der Waals surface area contributed by atoms with Crippen molar-refractivity contribution in [3.05, 3.63) is 65.8 Å². The summed E-state index contributed by atoms with van der Waals surface area (Å²) in [5, 5.41) is 7.65. The highest BCUT2D eigenvalue weighted by atomic mass is 32.1. The van der Waals surface area contributed by atoms with Gasteiger partial charge in [-0.15, -0.1) is 0 Å². The number of nitrogens with one attached hydrogen (secondary N) is 1. The predicted molar refractivity (Wildman–Crippen MR) is 102 cm³/mol. The molecule has 1 aliphatic heterocycles. The minimum atomic E-state index is -0.397. The van der Waals surface area contributed by atoms with E-state index in [1.807, 2.05) is 24.3 Å². The molecule has 0 fully saturated rings. The van der Waals surface area contributed by atoms with Crippen molar-refractivity contribution in [2.75, 3.05) is 0 Å². The third-order valence-electron chi connectivity index (χ3n) is 3.86. The second kappa shape index (κ2) is 6.88. The van der Waals surface area contributed by atoms with Crippen LogP contribution in [0.2, 0.25) is 0 Å². The molecule has 0 aromatic carbocycles. The van der Waals surface area contributed by atoms with Crippen LogP contribution in [0.15, 0.2) is 59.6 Å². The van der Waals surface area contributed by atoms with Crippen molar-refractivity contribution in [2.24, 2.45) is 16.6 Å². The summed E-state index contributed by atoms with van der Waals surface area (Å²) in [6.45, 7) is 0. The van der Waals surface area contributed by atoms with E-state index in [1.165, 1.54) is 0 Å². The van der Waals surface area contributed by atoms with Gasteiger partial charge in [-0.3, -0.25) is 15.4 Å². The summed E-state index contributed by atoms with van der Waals surface area (Å²) < 4.78 is 0. The molecule has 2 aromatic heterocycles. The molecule has 0 amide bonds. The van der Waals surface area contributed by atoms with E-state index in [0.29, 0.717) is 16.3 Å². The van der Waals surface area contributed by atoms with Crippen molar-refractivity contribution in [2.45, 2.75) is 5.92 Å². The maximum atomic E-state index is 7.65. The Morgan fingerprint density at radius 1 is 1.17 bits per heavy atom. The SMILES string of the molecule is N=C=C1C(=S)N=C(c2cccnc2)C(C(N)=S)[C@H]1c1ccncc1. The summed E-state index contributed by atoms with van der Waals surface area (Å²) in [7, 11) is 0. The third-order valence-corrected chi connectivity index (χ3v) is 4.42. The van der Waals surface area contributed by atoms with Crippen LogP contribution >= 0.6 is 24.4 Å². The molecule has 118 valence electrons. The van der Waals surface area contributed by atoms with Crippen molar-refractivity contribution in [1.82, 2.24) is 9.97 Å². The topological polar surface area (TPSA) is 88.0 Å². The first-order chi connectivity index (χ1) is 11.6. The number of rotatable bonds is 3. The average molecular weight is 351 g/mol. The highest BCUT2D eigenvalue weighted by Crippen LogP contribution is 2.38. The maximum absolute atomic E-state index is 7.65. The van der Waals surface area contributed by atoms with E-state index < -0.39 is 5.92 Å². The Bertz CT molecular complexity index is 870. The number of nitrogens with zero attached hydrogens (tertiary/aromatic N) is 3. The molecular formula is C17H13N5S2. The quantitative estimate of drug-likeness (QED) is 0.504. The molecular weight excluding hydrogens is 338 g/mol. The summed E-state index contributed by atoms with van der Waals surface area (Å²) in [4.78, 5) is 13.3. The van der Waals surface area contributed by atoms with E-state index >= 15 is 0 Å². The first-order valence-corrected chi connectivity index (χ1v) is 7.97. The predicted octanol–water partition coefficient (Wildman–Crippen LogP) is 2.47. The zero-order valence-electron chi connectivity index (χ0n) is 12.5. The Labute approximate surface area is 149 Å². The summed E-state index contributed by atoms with van der Waals surface area (Å²) in [5.74, 6) is 1.71. The van der Waals surface area contributed by atoms with Gasteiger partial charge in [-0.2, -0.15) is 0 Å². The summed E-state index contributed by atoms with van der Waals surface area (Å²) >= 11 is 10.7. The van der Waals surface area contributed by atoms with Gasteiger partial charge in [-0.1, -0.05) is 30.5 Å². The van der Waals surface area contributed by atoms with Gasteiger partial charge in [-0.25, -0.2) is 4.99 Å². The van der Waals surface area contributed by atoms with Gasteiger partial charge in [-0.05, 0) is 29.6 Å². The van der Waals surface area contributed by atoms with Crippen molar-refractivity contribution >= 4 is 46.0 Å². The molecule has 2 atom stereocenters. The van der Waals surface area contributed by atoms with Gasteiger partial charge in [0.25, 0.3) is 0 Å². The first-order valence-electron chi connectivity index (χ1n) is 7.15. The lowest BCUT2D eigenvalue weighted by atomic mass is 9.75. The van der Waals surface area contributed by atoms with Crippen LogP contribution in [-0.2, 0) is 0 Å². The van der Waals surface area contributed by atoms with Gasteiger partial charge in [0, 0.05) is 36.3 Å². The normalized spacial score (nSPS) is 20.2. The Morgan fingerprint density at radius 2 is 1.92 bits per heavy atom. The van der Waals surface area contributed by atoms with Crippen LogP contribution in [0, 0.1) is 11.3 Å². The van der Waals surface area contributed by atoms with Crippen LogP contribution in [0.25, 0.3) is 0 Å². The smallest absolute Gasteiger partial charge is 0.139 e. The van der Waals surface area contributed by atoms with E-state index in [2.05, 4.69) is 20.8 Å². The van der Waals surface area contributed by atoms with E-state index in [-0.39, 0.29) is 10.9 Å². The molecule has 0 saturated carbocycles. The fraction of sp³-hybridized carbons (Fsp3) is 0.118. The van der Waals surface area contributed by atoms with Crippen LogP contribution in [0.3, 0.4) is 0 Å². The molecule has 5 nitrogen and oxygen atoms in total. The summed E-state index contributed by atoms with van der Waals surface area (Å²) in [6.07, 6.45) is 6.76. The van der Waals surface area contributed by atoms with Gasteiger partial charge in [0.15, 0.2) is 0 Å². The molecule has 24 heavy (non-hydrogen) atoms. The Kier molecular flexibility index (Phi) is 4.66. The minimum absolute atomic E-state index is 0.287. The fourth-order valence-electron chi connectivity index (χ4n) is 2.82. The second-order valence-electron chi connectivity index (χ2n) is 5.22. The number of nitrogens with two attached hydrogens (primary N) is 1. The summed E-state index contributed by atoms with van der Waals surface area (Å²) in [6, 6.07) is 7.44. The molecule has 0 radical (unpaired) electrons. The second-order valence-corrected chi connectivity index (χ2v) is 6.08. The van der Waals surface area contributed by atoms with Gasteiger partial charge < -0.3 is 5.73 Å². The van der Waals surface area contributed by atoms with Gasteiger partial charge in [0.1, 0.15) is 4.99 Å². The monoisotopic (exact) mass is 351 g/mol. The largest absolute Gasteiger partial charge is 0.393 e. The van der Waals surface area contributed by atoms with Crippen LogP contribution in [0.1, 0.15) is 17.0 Å². The number of pyridine rings is 2. The number of aliphatic imine (C=N–C) groups is 1. The Balaban J connectivity index is 2.23. The van der Waals surface area contributed by atoms with Crippen molar-refractivity contribution < 1.29 is 0 Å². The van der Waals surface area contributed by atoms with Crippen molar-refractivity contribution in [3.8, 4) is 0 Å². The van der Waals surface area contributed by atoms with E-state index in [0.717, 1.165) is 11.1 Å². The van der Waals surface area contributed by atoms with Crippen LogP contribution in [0.5, 0.6) is 0 Å². The highest BCUT2D eigenvalue weighted by molar-refractivity contribution is 7.81. The van der Waals surface area contributed by atoms with Crippen LogP contribution < -0.4 is 5.73 Å². The third kappa shape index (κ3) is 2.92. The Hall–Kier alpha value is -2.60. The van der Waals surface area contributed by atoms with E-state index in [9.17, 15) is 0 Å². The van der Waals surface area contributed by atoms with Crippen molar-refractivity contribution in [1.29, 1.82) is 5.41 Å². The summed E-state index contributed by atoms with van der Waals surface area (Å²) in [5.41, 5.74) is 8.94. The molecule has 1 unspecified atom stereocenters. The lowest BCUT2D eigenvalue weighted by molar-refractivity contribution is 0.756. The number of thiocarbonyl (C=S) groups is 2. The number of hydrogen-bond donors (Lipinski definition) is 2. The molecule has 1 aliphatic rings. The minimum Gasteiger partial charge on any atom is -0.393 e. The van der Waals surface area contributed by atoms with E-state index in [1.54, 1.807) is 24.8 Å². The molecule has 7 heteroatoms. The van der Waals surface area contributed by atoms with Crippen molar-refractivity contribution in [3.63, 3.8) is 0 Å². The highest BCUT2D eigenvalue weighted by Gasteiger charge is 2.39. The molecule has 0 saturated heterocycles. The van der Waals surface area contributed by atoms with E-state index in [4.69, 9.17) is 35.6 Å². The lowest BCUT2D eigenvalue weighted by Gasteiger charge is -2.32. The molecule has 0 spiro atoms. The van der Waals surface area contributed by atoms with Gasteiger partial charge >= 0.3 is 0 Å². The molecule has 0 bridgehead atoms. The van der Waals surface area contributed by atoms with Crippen LogP contribution in [-0.4, -0.2) is 31.5 Å². The molecule has 3 heterocycles. The van der Waals surface area contributed by atoms with Gasteiger partial charge in [0.05, 0.1) is 22.2 Å². The standard InChI is InChI=1S/C17H13N5S2/c18-8-12-13(10-3-6-20-7-4-10)14(16(19)23)15(22-17(12)24)11-2-1-5-21-9-11/h1-7,9,13-14,18H,(H2,19,23)/t13-,14?/m0/s1. The zero-order chi connectivity index (χ0) is 17.1. The number of hydrogen-bond acceptors (Lipinski definition) is 5. The zero-order valence-corrected chi connectivity index (χ0v) is 14.1. The first kappa shape index (κ1) is 16.3. The molecule has 3 rings (SSSR count). The maximum Gasteiger partial charge on any atom is 0.139 e. The fourth-order valence-corrected chi connectivity index (χ4v) is 3.34. The molecule has 3 N–H and O–H groups in total. The molecule has 0 aliphatic carbocycles.